The number of hydrogen-bond acceptors (Lipinski definition) is 4. The minimum atomic E-state index is -4.48. The van der Waals surface area contributed by atoms with Crippen LogP contribution in [0.15, 0.2) is 30.5 Å². The van der Waals surface area contributed by atoms with Crippen molar-refractivity contribution >= 4 is 11.9 Å². The molecule has 3 aliphatic heterocycles. The highest BCUT2D eigenvalue weighted by Crippen LogP contribution is 2.45. The van der Waals surface area contributed by atoms with Crippen molar-refractivity contribution in [3.8, 4) is 0 Å². The molecule has 0 bridgehead atoms. The maximum Gasteiger partial charge on any atom is 0.416 e. The quantitative estimate of drug-likeness (QED) is 0.574. The van der Waals surface area contributed by atoms with E-state index in [0.29, 0.717) is 64.0 Å². The molecule has 2 atom stereocenters. The molecule has 2 unspecified atom stereocenters. The highest BCUT2D eigenvalue weighted by molar-refractivity contribution is 5.96. The second-order valence-electron chi connectivity index (χ2n) is 11.6. The molecule has 216 valence electrons. The van der Waals surface area contributed by atoms with E-state index >= 15 is 0 Å². The molecule has 4 heterocycles. The lowest BCUT2D eigenvalue weighted by molar-refractivity contribution is -0.138. The summed E-state index contributed by atoms with van der Waals surface area (Å²) in [5, 5.41) is 14.6. The number of amides is 3. The van der Waals surface area contributed by atoms with Crippen molar-refractivity contribution in [3.05, 3.63) is 52.8 Å². The summed E-state index contributed by atoms with van der Waals surface area (Å²) in [5.74, 6) is -0.0247. The Morgan fingerprint density at radius 2 is 1.62 bits per heavy atom. The van der Waals surface area contributed by atoms with Crippen LogP contribution in [0.2, 0.25) is 0 Å². The molecule has 11 heteroatoms. The monoisotopic (exact) mass is 559 g/mol. The number of nitrogens with zero attached hydrogens (tertiary/aromatic N) is 5. The van der Waals surface area contributed by atoms with Crippen LogP contribution in [0, 0.1) is 0 Å². The van der Waals surface area contributed by atoms with E-state index < -0.39 is 23.9 Å². The van der Waals surface area contributed by atoms with E-state index in [1.165, 1.54) is 12.1 Å². The highest BCUT2D eigenvalue weighted by atomic mass is 19.4. The molecule has 1 aromatic carbocycles. The van der Waals surface area contributed by atoms with Crippen molar-refractivity contribution in [3.63, 3.8) is 0 Å². The van der Waals surface area contributed by atoms with E-state index in [1.54, 1.807) is 22.1 Å². The molecule has 40 heavy (non-hydrogen) atoms. The molecule has 8 nitrogen and oxygen atoms in total. The number of urea groups is 1. The lowest BCUT2D eigenvalue weighted by Crippen LogP contribution is -2.51. The van der Waals surface area contributed by atoms with E-state index in [0.717, 1.165) is 37.4 Å². The number of aliphatic hydroxyl groups is 1. The topological polar surface area (TPSA) is 81.9 Å². The number of aromatic nitrogens is 2. The summed E-state index contributed by atoms with van der Waals surface area (Å²) < 4.78 is 43.3. The van der Waals surface area contributed by atoms with Gasteiger partial charge in [0.15, 0.2) is 0 Å². The lowest BCUT2D eigenvalue weighted by atomic mass is 9.97. The summed E-state index contributed by atoms with van der Waals surface area (Å²) in [6.45, 7) is 2.60. The number of β-amino-alcohol motifs (C(OH)–C–C–N with tert-alkyl or cyclic N) is 1. The van der Waals surface area contributed by atoms with E-state index in [4.69, 9.17) is 0 Å². The average Bonchev–Trinajstić information content (AvgIpc) is 3.49. The smallest absolute Gasteiger partial charge is 0.391 e. The summed E-state index contributed by atoms with van der Waals surface area (Å²) in [5.41, 5.74) is 0.862. The number of hydrogen-bond donors (Lipinski definition) is 1. The molecule has 3 amide bonds. The van der Waals surface area contributed by atoms with Crippen molar-refractivity contribution in [1.29, 1.82) is 0 Å². The summed E-state index contributed by atoms with van der Waals surface area (Å²) >= 11 is 0. The van der Waals surface area contributed by atoms with Gasteiger partial charge in [-0.05, 0) is 63.0 Å². The Morgan fingerprint density at radius 1 is 0.900 bits per heavy atom. The molecule has 6 rings (SSSR count). The predicted molar refractivity (Wildman–Crippen MR) is 141 cm³/mol. The van der Waals surface area contributed by atoms with Gasteiger partial charge in [-0.15, -0.1) is 0 Å². The zero-order valence-electron chi connectivity index (χ0n) is 22.5. The fourth-order valence-electron chi connectivity index (χ4n) is 6.75. The van der Waals surface area contributed by atoms with Gasteiger partial charge in [0, 0.05) is 38.6 Å². The summed E-state index contributed by atoms with van der Waals surface area (Å²) in [7, 11) is 0. The molecular weight excluding hydrogens is 523 g/mol. The van der Waals surface area contributed by atoms with E-state index in [9.17, 15) is 27.9 Å². The molecule has 4 aliphatic rings. The normalized spacial score (nSPS) is 24.6. The fraction of sp³-hybridized carbons (Fsp3) is 0.621. The van der Waals surface area contributed by atoms with Gasteiger partial charge in [0.2, 0.25) is 0 Å². The molecule has 1 aliphatic carbocycles. The van der Waals surface area contributed by atoms with Gasteiger partial charge in [0.05, 0.1) is 41.2 Å². The summed E-state index contributed by atoms with van der Waals surface area (Å²) in [6.07, 6.45) is 2.67. The van der Waals surface area contributed by atoms with Crippen molar-refractivity contribution in [2.75, 3.05) is 32.7 Å². The maximum absolute atomic E-state index is 13.9. The Morgan fingerprint density at radius 3 is 2.33 bits per heavy atom. The Bertz CT molecular complexity index is 1250. The van der Waals surface area contributed by atoms with Crippen LogP contribution in [0.5, 0.6) is 0 Å². The SMILES string of the molecule is O=C(N1CCC(n2ncc(C(=O)N3CCCC3c3ccccc3C(F)(F)F)c2C2CC2)CC1)N1CCCC(O)C1. The van der Waals surface area contributed by atoms with Crippen LogP contribution in [0.25, 0.3) is 0 Å². The molecule has 0 radical (unpaired) electrons. The number of likely N-dealkylation sites (tertiary alicyclic amines) is 3. The van der Waals surface area contributed by atoms with Crippen LogP contribution in [-0.4, -0.2) is 80.4 Å². The number of alkyl halides is 3. The zero-order chi connectivity index (χ0) is 28.0. The highest BCUT2D eigenvalue weighted by Gasteiger charge is 2.42. The first-order valence-electron chi connectivity index (χ1n) is 14.5. The second-order valence-corrected chi connectivity index (χ2v) is 11.6. The van der Waals surface area contributed by atoms with Gasteiger partial charge in [0.25, 0.3) is 5.91 Å². The molecule has 1 N–H and O–H groups in total. The minimum Gasteiger partial charge on any atom is -0.391 e. The number of carbonyl (C=O) groups excluding carboxylic acids is 2. The molecule has 2 aromatic rings. The first kappa shape index (κ1) is 27.1. The van der Waals surface area contributed by atoms with Gasteiger partial charge >= 0.3 is 12.2 Å². The fourth-order valence-corrected chi connectivity index (χ4v) is 6.75. The number of piperidine rings is 2. The Balaban J connectivity index is 1.19. The largest absolute Gasteiger partial charge is 0.416 e. The van der Waals surface area contributed by atoms with Crippen LogP contribution in [0.1, 0.15) is 96.5 Å². The second kappa shape index (κ2) is 10.7. The molecule has 0 spiro atoms. The van der Waals surface area contributed by atoms with Crippen LogP contribution in [0.4, 0.5) is 18.0 Å². The maximum atomic E-state index is 13.9. The molecule has 4 fully saturated rings. The van der Waals surface area contributed by atoms with Crippen LogP contribution < -0.4 is 0 Å². The molecular formula is C29H36F3N5O3. The summed E-state index contributed by atoms with van der Waals surface area (Å²) in [4.78, 5) is 32.1. The third-order valence-electron chi connectivity index (χ3n) is 8.92. The third-order valence-corrected chi connectivity index (χ3v) is 8.92. The number of halogens is 3. The van der Waals surface area contributed by atoms with E-state index in [1.807, 2.05) is 9.58 Å². The van der Waals surface area contributed by atoms with Gasteiger partial charge in [-0.25, -0.2) is 4.79 Å². The van der Waals surface area contributed by atoms with Crippen LogP contribution >= 0.6 is 0 Å². The number of benzene rings is 1. The van der Waals surface area contributed by atoms with Crippen molar-refractivity contribution in [2.24, 2.45) is 0 Å². The van der Waals surface area contributed by atoms with Crippen molar-refractivity contribution in [2.45, 2.75) is 81.6 Å². The van der Waals surface area contributed by atoms with Gasteiger partial charge in [-0.3, -0.25) is 9.48 Å². The average molecular weight is 560 g/mol. The Hall–Kier alpha value is -3.08. The predicted octanol–water partition coefficient (Wildman–Crippen LogP) is 4.97. The van der Waals surface area contributed by atoms with E-state index in [-0.39, 0.29) is 29.5 Å². The van der Waals surface area contributed by atoms with Crippen LogP contribution in [-0.2, 0) is 6.18 Å². The standard InChI is InChI=1S/C29H36F3N5O3/c30-29(31,32)24-7-2-1-6-22(24)25-8-4-14-36(25)27(39)23-17-33-37(26(23)19-9-10-19)20-11-15-34(16-12-20)28(40)35-13-3-5-21(38)18-35/h1-2,6-7,17,19-21,25,38H,3-5,8-16,18H2. The van der Waals surface area contributed by atoms with Crippen molar-refractivity contribution < 1.29 is 27.9 Å². The number of aliphatic hydroxyl groups excluding tert-OH is 1. The van der Waals surface area contributed by atoms with Gasteiger partial charge in [-0.1, -0.05) is 18.2 Å². The Labute approximate surface area is 231 Å². The third kappa shape index (κ3) is 5.20. The summed E-state index contributed by atoms with van der Waals surface area (Å²) in [6, 6.07) is 4.96. The van der Waals surface area contributed by atoms with Gasteiger partial charge < -0.3 is 19.8 Å². The number of rotatable bonds is 4. The Kier molecular flexibility index (Phi) is 7.27. The van der Waals surface area contributed by atoms with Crippen LogP contribution in [0.3, 0.4) is 0 Å². The van der Waals surface area contributed by atoms with E-state index in [2.05, 4.69) is 5.10 Å². The minimum absolute atomic E-state index is 0.0323. The number of carbonyl (C=O) groups is 2. The van der Waals surface area contributed by atoms with Gasteiger partial charge in [-0.2, -0.15) is 18.3 Å². The molecule has 1 saturated carbocycles. The van der Waals surface area contributed by atoms with Gasteiger partial charge in [0.1, 0.15) is 0 Å². The first-order valence-corrected chi connectivity index (χ1v) is 14.5. The molecule has 3 saturated heterocycles. The lowest BCUT2D eigenvalue weighted by Gasteiger charge is -2.38. The van der Waals surface area contributed by atoms with Crippen molar-refractivity contribution in [1.82, 2.24) is 24.5 Å². The zero-order valence-corrected chi connectivity index (χ0v) is 22.5. The first-order chi connectivity index (χ1) is 19.2. The molecule has 1 aromatic heterocycles.